The second-order valence-electron chi connectivity index (χ2n) is 5.98. The van der Waals surface area contributed by atoms with Crippen LogP contribution in [0.15, 0.2) is 12.4 Å². The summed E-state index contributed by atoms with van der Waals surface area (Å²) in [6.45, 7) is 8.83. The predicted octanol–water partition coefficient (Wildman–Crippen LogP) is 3.24. The van der Waals surface area contributed by atoms with E-state index in [9.17, 15) is 0 Å². The zero-order chi connectivity index (χ0) is 14.3. The summed E-state index contributed by atoms with van der Waals surface area (Å²) < 4.78 is 2.30. The fraction of sp³-hybridized carbons (Fsp3) is 0.800. The second kappa shape index (κ2) is 8.20. The van der Waals surface area contributed by atoms with E-state index in [0.717, 1.165) is 19.0 Å². The maximum absolute atomic E-state index is 4.46. The third-order valence-electron chi connectivity index (χ3n) is 3.19. The predicted molar refractivity (Wildman–Crippen MR) is 82.7 cm³/mol. The Kier molecular flexibility index (Phi) is 6.92. The van der Waals surface area contributed by atoms with E-state index in [1.54, 1.807) is 0 Å². The molecule has 110 valence electrons. The van der Waals surface area contributed by atoms with E-state index in [1.165, 1.54) is 19.3 Å². The van der Waals surface area contributed by atoms with Gasteiger partial charge in [-0.05, 0) is 32.9 Å². The summed E-state index contributed by atoms with van der Waals surface area (Å²) in [7, 11) is 4.27. The Balaban J connectivity index is 2.74. The molecule has 19 heavy (non-hydrogen) atoms. The number of nitrogens with one attached hydrogen (secondary N) is 1. The monoisotopic (exact) mass is 266 g/mol. The van der Waals surface area contributed by atoms with Gasteiger partial charge in [0.25, 0.3) is 0 Å². The molecule has 0 fully saturated rings. The van der Waals surface area contributed by atoms with Crippen LogP contribution in [0.25, 0.3) is 0 Å². The van der Waals surface area contributed by atoms with Crippen molar-refractivity contribution in [3.63, 3.8) is 0 Å². The molecule has 1 heterocycles. The van der Waals surface area contributed by atoms with E-state index in [2.05, 4.69) is 60.8 Å². The Morgan fingerprint density at radius 2 is 2.11 bits per heavy atom. The van der Waals surface area contributed by atoms with Gasteiger partial charge in [-0.25, -0.2) is 4.98 Å². The molecule has 1 N–H and O–H groups in total. The van der Waals surface area contributed by atoms with Gasteiger partial charge in [-0.3, -0.25) is 0 Å². The van der Waals surface area contributed by atoms with Crippen molar-refractivity contribution in [3.05, 3.63) is 12.4 Å². The third-order valence-corrected chi connectivity index (χ3v) is 3.19. The molecule has 0 bridgehead atoms. The number of rotatable bonds is 9. The van der Waals surface area contributed by atoms with Crippen LogP contribution in [0, 0.1) is 5.92 Å². The Bertz CT molecular complexity index is 334. The quantitative estimate of drug-likeness (QED) is 0.697. The fourth-order valence-electron chi connectivity index (χ4n) is 2.36. The van der Waals surface area contributed by atoms with Gasteiger partial charge in [0.1, 0.15) is 0 Å². The van der Waals surface area contributed by atoms with Gasteiger partial charge in [0.2, 0.25) is 5.95 Å². The molecule has 0 spiro atoms. The van der Waals surface area contributed by atoms with Gasteiger partial charge in [0.15, 0.2) is 0 Å². The average Bonchev–Trinajstić information content (AvgIpc) is 2.75. The van der Waals surface area contributed by atoms with Gasteiger partial charge < -0.3 is 14.8 Å². The number of likely N-dealkylation sites (N-methyl/N-ethyl adjacent to an activating group) is 1. The summed E-state index contributed by atoms with van der Waals surface area (Å²) in [5.41, 5.74) is 0. The first-order chi connectivity index (χ1) is 9.04. The molecular weight excluding hydrogens is 236 g/mol. The number of anilines is 1. The molecule has 1 rings (SSSR count). The van der Waals surface area contributed by atoms with Crippen LogP contribution in [0.4, 0.5) is 5.95 Å². The van der Waals surface area contributed by atoms with Gasteiger partial charge in [0, 0.05) is 31.5 Å². The van der Waals surface area contributed by atoms with E-state index in [4.69, 9.17) is 0 Å². The SMILES string of the molecule is CCCCNc1nccn1C(CC(C)C)CN(C)C. The molecule has 0 aliphatic carbocycles. The Hall–Kier alpha value is -1.03. The smallest absolute Gasteiger partial charge is 0.203 e. The van der Waals surface area contributed by atoms with Gasteiger partial charge in [-0.15, -0.1) is 0 Å². The average molecular weight is 266 g/mol. The molecule has 4 nitrogen and oxygen atoms in total. The lowest BCUT2D eigenvalue weighted by Crippen LogP contribution is -2.26. The maximum atomic E-state index is 4.46. The zero-order valence-corrected chi connectivity index (χ0v) is 13.2. The fourth-order valence-corrected chi connectivity index (χ4v) is 2.36. The maximum Gasteiger partial charge on any atom is 0.203 e. The van der Waals surface area contributed by atoms with Crippen molar-refractivity contribution in [2.45, 2.75) is 46.1 Å². The van der Waals surface area contributed by atoms with Gasteiger partial charge >= 0.3 is 0 Å². The van der Waals surface area contributed by atoms with Crippen LogP contribution in [0.1, 0.15) is 46.1 Å². The molecule has 4 heteroatoms. The van der Waals surface area contributed by atoms with Crippen molar-refractivity contribution in [3.8, 4) is 0 Å². The Labute approximate surface area is 118 Å². The van der Waals surface area contributed by atoms with Crippen molar-refractivity contribution in [1.82, 2.24) is 14.5 Å². The number of nitrogens with zero attached hydrogens (tertiary/aromatic N) is 3. The summed E-state index contributed by atoms with van der Waals surface area (Å²) in [6.07, 6.45) is 7.58. The van der Waals surface area contributed by atoms with Crippen LogP contribution in [0.3, 0.4) is 0 Å². The number of unbranched alkanes of at least 4 members (excludes halogenated alkanes) is 1. The summed E-state index contributed by atoms with van der Waals surface area (Å²) in [5, 5.41) is 3.45. The molecule has 1 aromatic rings. The summed E-state index contributed by atoms with van der Waals surface area (Å²) in [5.74, 6) is 1.71. The second-order valence-corrected chi connectivity index (χ2v) is 5.98. The summed E-state index contributed by atoms with van der Waals surface area (Å²) >= 11 is 0. The minimum Gasteiger partial charge on any atom is -0.356 e. The first-order valence-corrected chi connectivity index (χ1v) is 7.46. The Morgan fingerprint density at radius 1 is 1.37 bits per heavy atom. The molecular formula is C15H30N4. The summed E-state index contributed by atoms with van der Waals surface area (Å²) in [6, 6.07) is 0.488. The van der Waals surface area contributed by atoms with Gasteiger partial charge in [0.05, 0.1) is 0 Å². The lowest BCUT2D eigenvalue weighted by molar-refractivity contribution is 0.290. The van der Waals surface area contributed by atoms with Gasteiger partial charge in [-0.2, -0.15) is 0 Å². The first kappa shape index (κ1) is 16.0. The molecule has 1 atom stereocenters. The van der Waals surface area contributed by atoms with Crippen molar-refractivity contribution in [2.75, 3.05) is 32.5 Å². The minimum atomic E-state index is 0.488. The number of hydrogen-bond acceptors (Lipinski definition) is 3. The van der Waals surface area contributed by atoms with Crippen LogP contribution in [-0.4, -0.2) is 41.6 Å². The van der Waals surface area contributed by atoms with Gasteiger partial charge in [-0.1, -0.05) is 27.2 Å². The van der Waals surface area contributed by atoms with Crippen LogP contribution >= 0.6 is 0 Å². The molecule has 1 unspecified atom stereocenters. The molecule has 0 aromatic carbocycles. The number of hydrogen-bond donors (Lipinski definition) is 1. The summed E-state index contributed by atoms with van der Waals surface area (Å²) in [4.78, 5) is 6.71. The van der Waals surface area contributed by atoms with E-state index >= 15 is 0 Å². The molecule has 0 amide bonds. The normalized spacial score (nSPS) is 13.2. The number of imidazole rings is 1. The van der Waals surface area contributed by atoms with Crippen LogP contribution in [-0.2, 0) is 0 Å². The van der Waals surface area contributed by atoms with Crippen molar-refractivity contribution >= 4 is 5.95 Å². The lowest BCUT2D eigenvalue weighted by atomic mass is 10.0. The van der Waals surface area contributed by atoms with Crippen molar-refractivity contribution in [2.24, 2.45) is 5.92 Å². The highest BCUT2D eigenvalue weighted by atomic mass is 15.2. The molecule has 0 saturated heterocycles. The first-order valence-electron chi connectivity index (χ1n) is 7.46. The topological polar surface area (TPSA) is 33.1 Å². The minimum absolute atomic E-state index is 0.488. The van der Waals surface area contributed by atoms with E-state index < -0.39 is 0 Å². The standard InChI is InChI=1S/C15H30N4/c1-6-7-8-16-15-17-9-10-19(15)14(11-13(2)3)12-18(4)5/h9-10,13-14H,6-8,11-12H2,1-5H3,(H,16,17). The zero-order valence-electron chi connectivity index (χ0n) is 13.2. The van der Waals surface area contributed by atoms with Crippen LogP contribution < -0.4 is 5.32 Å². The highest BCUT2D eigenvalue weighted by Gasteiger charge is 2.16. The third kappa shape index (κ3) is 5.64. The van der Waals surface area contributed by atoms with E-state index in [1.807, 2.05) is 6.20 Å². The molecule has 0 aliphatic rings. The molecule has 1 aromatic heterocycles. The van der Waals surface area contributed by atoms with Crippen LogP contribution in [0.2, 0.25) is 0 Å². The van der Waals surface area contributed by atoms with E-state index in [0.29, 0.717) is 12.0 Å². The Morgan fingerprint density at radius 3 is 2.68 bits per heavy atom. The number of aromatic nitrogens is 2. The largest absolute Gasteiger partial charge is 0.356 e. The molecule has 0 aliphatic heterocycles. The lowest BCUT2D eigenvalue weighted by Gasteiger charge is -2.25. The van der Waals surface area contributed by atoms with Crippen molar-refractivity contribution in [1.29, 1.82) is 0 Å². The molecule has 0 saturated carbocycles. The van der Waals surface area contributed by atoms with Crippen LogP contribution in [0.5, 0.6) is 0 Å². The van der Waals surface area contributed by atoms with Crippen molar-refractivity contribution < 1.29 is 0 Å². The highest BCUT2D eigenvalue weighted by molar-refractivity contribution is 5.26. The molecule has 0 radical (unpaired) electrons. The van der Waals surface area contributed by atoms with E-state index in [-0.39, 0.29) is 0 Å². The highest BCUT2D eigenvalue weighted by Crippen LogP contribution is 2.22.